The molecule has 4 aliphatic rings. The highest BCUT2D eigenvalue weighted by Crippen LogP contribution is 2.41. The number of ether oxygens (including phenoxy) is 2. The number of aromatic nitrogens is 2. The quantitative estimate of drug-likeness (QED) is 0.558. The molecular formula is C29H35N5O3. The molecule has 0 aliphatic carbocycles. The number of hydrogen-bond acceptors (Lipinski definition) is 5. The van der Waals surface area contributed by atoms with Gasteiger partial charge in [0, 0.05) is 74.7 Å². The van der Waals surface area contributed by atoms with Crippen molar-refractivity contribution in [2.75, 3.05) is 52.6 Å². The van der Waals surface area contributed by atoms with Crippen molar-refractivity contribution < 1.29 is 14.3 Å². The van der Waals surface area contributed by atoms with Crippen molar-refractivity contribution in [2.24, 2.45) is 5.41 Å². The maximum absolute atomic E-state index is 13.5. The number of pyridine rings is 1. The molecule has 37 heavy (non-hydrogen) atoms. The van der Waals surface area contributed by atoms with Gasteiger partial charge in [-0.1, -0.05) is 6.07 Å². The number of nitrogens with zero attached hydrogens (tertiary/aromatic N) is 3. The topological polar surface area (TPSA) is 82.7 Å². The fourth-order valence-corrected chi connectivity index (χ4v) is 6.62. The van der Waals surface area contributed by atoms with Crippen LogP contribution in [0.25, 0.3) is 22.2 Å². The van der Waals surface area contributed by atoms with E-state index in [1.165, 1.54) is 27.8 Å². The summed E-state index contributed by atoms with van der Waals surface area (Å²) in [6.07, 6.45) is 6.98. The summed E-state index contributed by atoms with van der Waals surface area (Å²) < 4.78 is 11.4. The molecule has 1 aromatic carbocycles. The molecule has 2 aromatic heterocycles. The number of carbonyl (C=O) groups is 1. The van der Waals surface area contributed by atoms with Crippen LogP contribution in [0.5, 0.6) is 0 Å². The summed E-state index contributed by atoms with van der Waals surface area (Å²) in [5, 5.41) is 4.81. The van der Waals surface area contributed by atoms with E-state index >= 15 is 0 Å². The highest BCUT2D eigenvalue weighted by Gasteiger charge is 2.47. The van der Waals surface area contributed by atoms with E-state index in [1.54, 1.807) is 0 Å². The molecule has 3 saturated heterocycles. The molecule has 0 bridgehead atoms. The Labute approximate surface area is 217 Å². The van der Waals surface area contributed by atoms with Gasteiger partial charge in [-0.3, -0.25) is 0 Å². The number of rotatable bonds is 2. The molecule has 8 heteroatoms. The molecule has 0 saturated carbocycles. The lowest BCUT2D eigenvalue weighted by Gasteiger charge is -2.53. The number of fused-ring (bicyclic) bond motifs is 2. The van der Waals surface area contributed by atoms with Gasteiger partial charge in [0.05, 0.1) is 19.3 Å². The summed E-state index contributed by atoms with van der Waals surface area (Å²) in [5.74, 6) is 0. The Morgan fingerprint density at radius 2 is 1.95 bits per heavy atom. The van der Waals surface area contributed by atoms with Crippen LogP contribution in [0.4, 0.5) is 4.79 Å². The summed E-state index contributed by atoms with van der Waals surface area (Å²) in [4.78, 5) is 25.5. The number of benzene rings is 1. The van der Waals surface area contributed by atoms with Crippen molar-refractivity contribution in [3.8, 4) is 11.1 Å². The van der Waals surface area contributed by atoms with Crippen LogP contribution in [0, 0.1) is 12.3 Å². The summed E-state index contributed by atoms with van der Waals surface area (Å²) in [6.45, 7) is 9.13. The van der Waals surface area contributed by atoms with Gasteiger partial charge in [-0.15, -0.1) is 0 Å². The molecule has 4 aliphatic heterocycles. The maximum Gasteiger partial charge on any atom is 0.320 e. The number of urea groups is 1. The zero-order valence-electron chi connectivity index (χ0n) is 21.5. The number of amides is 2. The van der Waals surface area contributed by atoms with E-state index in [2.05, 4.69) is 45.3 Å². The van der Waals surface area contributed by atoms with Gasteiger partial charge in [-0.25, -0.2) is 9.78 Å². The molecular weight excluding hydrogens is 466 g/mol. The van der Waals surface area contributed by atoms with Crippen LogP contribution >= 0.6 is 0 Å². The van der Waals surface area contributed by atoms with Gasteiger partial charge in [0.15, 0.2) is 0 Å². The van der Waals surface area contributed by atoms with Crippen molar-refractivity contribution in [3.63, 3.8) is 0 Å². The smallest absolute Gasteiger partial charge is 0.320 e. The highest BCUT2D eigenvalue weighted by atomic mass is 16.5. The van der Waals surface area contributed by atoms with Gasteiger partial charge in [-0.05, 0) is 66.1 Å². The third-order valence-corrected chi connectivity index (χ3v) is 8.89. The predicted molar refractivity (Wildman–Crippen MR) is 141 cm³/mol. The second-order valence-electron chi connectivity index (χ2n) is 11.3. The highest BCUT2D eigenvalue weighted by molar-refractivity contribution is 5.85. The van der Waals surface area contributed by atoms with Crippen LogP contribution in [0.2, 0.25) is 0 Å². The fourth-order valence-electron chi connectivity index (χ4n) is 6.62. The lowest BCUT2D eigenvalue weighted by atomic mass is 9.73. The second kappa shape index (κ2) is 9.11. The van der Waals surface area contributed by atoms with E-state index in [9.17, 15) is 4.79 Å². The number of morpholine rings is 1. The lowest BCUT2D eigenvalue weighted by Crippen LogP contribution is -2.63. The first kappa shape index (κ1) is 23.2. The van der Waals surface area contributed by atoms with Crippen LogP contribution < -0.4 is 5.32 Å². The predicted octanol–water partition coefficient (Wildman–Crippen LogP) is 3.79. The first-order valence-corrected chi connectivity index (χ1v) is 13.6. The van der Waals surface area contributed by atoms with Crippen molar-refractivity contribution in [3.05, 3.63) is 52.8 Å². The lowest BCUT2D eigenvalue weighted by molar-refractivity contribution is -0.0669. The minimum atomic E-state index is 0.123. The Morgan fingerprint density at radius 1 is 1.08 bits per heavy atom. The minimum absolute atomic E-state index is 0.123. The number of H-pyrrole nitrogens is 1. The largest absolute Gasteiger partial charge is 0.381 e. The number of aryl methyl sites for hydroxylation is 1. The summed E-state index contributed by atoms with van der Waals surface area (Å²) >= 11 is 0. The Bertz CT molecular complexity index is 1330. The molecule has 0 unspecified atom stereocenters. The third kappa shape index (κ3) is 4.11. The molecule has 8 nitrogen and oxygen atoms in total. The molecule has 3 aromatic rings. The average molecular weight is 502 g/mol. The number of hydrogen-bond donors (Lipinski definition) is 2. The van der Waals surface area contributed by atoms with E-state index in [0.29, 0.717) is 13.2 Å². The molecule has 7 rings (SSSR count). The normalized spacial score (nSPS) is 23.2. The van der Waals surface area contributed by atoms with Crippen LogP contribution in [0.15, 0.2) is 30.6 Å². The SMILES string of the molecule is Cc1c[nH]c2ncc(-c3cc4c(c([C@@H]5COCCN5)c3)CN(C(=O)N3CC5(CCOCC5)C3)CC4)cc12. The molecule has 2 N–H and O–H groups in total. The monoisotopic (exact) mass is 501 g/mol. The number of aromatic amines is 1. The van der Waals surface area contributed by atoms with Gasteiger partial charge < -0.3 is 29.6 Å². The molecule has 1 spiro atoms. The average Bonchev–Trinajstić information content (AvgIpc) is 3.31. The summed E-state index contributed by atoms with van der Waals surface area (Å²) in [6, 6.07) is 7.15. The van der Waals surface area contributed by atoms with Gasteiger partial charge >= 0.3 is 6.03 Å². The third-order valence-electron chi connectivity index (χ3n) is 8.89. The van der Waals surface area contributed by atoms with Crippen LogP contribution in [0.1, 0.15) is 41.1 Å². The summed E-state index contributed by atoms with van der Waals surface area (Å²) in [7, 11) is 0. The van der Waals surface area contributed by atoms with E-state index in [1.807, 2.05) is 17.3 Å². The summed E-state index contributed by atoms with van der Waals surface area (Å²) in [5.41, 5.74) is 8.57. The molecule has 194 valence electrons. The van der Waals surface area contributed by atoms with Crippen LogP contribution in [0.3, 0.4) is 0 Å². The van der Waals surface area contributed by atoms with E-state index in [4.69, 9.17) is 9.47 Å². The number of carbonyl (C=O) groups excluding carboxylic acids is 1. The van der Waals surface area contributed by atoms with Gasteiger partial charge in [-0.2, -0.15) is 0 Å². The van der Waals surface area contributed by atoms with Crippen LogP contribution in [-0.4, -0.2) is 78.4 Å². The number of likely N-dealkylation sites (tertiary alicyclic amines) is 1. The zero-order valence-corrected chi connectivity index (χ0v) is 21.5. The van der Waals surface area contributed by atoms with Gasteiger partial charge in [0.1, 0.15) is 5.65 Å². The Morgan fingerprint density at radius 3 is 2.76 bits per heavy atom. The first-order valence-electron chi connectivity index (χ1n) is 13.6. The molecule has 1 atom stereocenters. The zero-order chi connectivity index (χ0) is 25.0. The molecule has 0 radical (unpaired) electrons. The van der Waals surface area contributed by atoms with E-state index in [0.717, 1.165) is 81.9 Å². The maximum atomic E-state index is 13.5. The van der Waals surface area contributed by atoms with E-state index < -0.39 is 0 Å². The Balaban J connectivity index is 1.18. The minimum Gasteiger partial charge on any atom is -0.381 e. The van der Waals surface area contributed by atoms with Crippen molar-refractivity contribution in [2.45, 2.75) is 38.8 Å². The number of nitrogens with one attached hydrogen (secondary N) is 2. The Hall–Kier alpha value is -2.94. The van der Waals surface area contributed by atoms with Crippen molar-refractivity contribution in [1.29, 1.82) is 0 Å². The van der Waals surface area contributed by atoms with Gasteiger partial charge in [0.25, 0.3) is 0 Å². The van der Waals surface area contributed by atoms with Crippen molar-refractivity contribution >= 4 is 17.1 Å². The van der Waals surface area contributed by atoms with E-state index in [-0.39, 0.29) is 17.5 Å². The molecule has 3 fully saturated rings. The Kier molecular flexibility index (Phi) is 5.71. The second-order valence-corrected chi connectivity index (χ2v) is 11.3. The van der Waals surface area contributed by atoms with Crippen molar-refractivity contribution in [1.82, 2.24) is 25.1 Å². The van der Waals surface area contributed by atoms with Gasteiger partial charge in [0.2, 0.25) is 0 Å². The molecule has 2 amide bonds. The molecule has 6 heterocycles. The fraction of sp³-hybridized carbons (Fsp3) is 0.517. The first-order chi connectivity index (χ1) is 18.1. The standard InChI is InChI=1S/C29H35N5O3/c1-19-13-31-27-23(19)12-22(14-32-27)21-10-20-2-6-33(15-25(20)24(11-21)26-16-37-9-5-30-26)28(35)34-17-29(18-34)3-7-36-8-4-29/h10-14,26,30H,2-9,15-18H2,1H3,(H,31,32)/t26-/m0/s1. The van der Waals surface area contributed by atoms with Crippen LogP contribution in [-0.2, 0) is 22.4 Å².